The molecule has 8 heteroatoms. The summed E-state index contributed by atoms with van der Waals surface area (Å²) in [7, 11) is -3.72. The highest BCUT2D eigenvalue weighted by Gasteiger charge is 2.32. The van der Waals surface area contributed by atoms with Gasteiger partial charge >= 0.3 is 5.97 Å². The lowest BCUT2D eigenvalue weighted by Crippen LogP contribution is -2.43. The first-order chi connectivity index (χ1) is 11.8. The molecule has 2 heterocycles. The van der Waals surface area contributed by atoms with Gasteiger partial charge in [-0.3, -0.25) is 4.79 Å². The Bertz CT molecular complexity index is 980. The highest BCUT2D eigenvalue weighted by molar-refractivity contribution is 7.89. The number of pyridine rings is 1. The van der Waals surface area contributed by atoms with Crippen LogP contribution < -0.4 is 5.56 Å². The largest absolute Gasteiger partial charge is 0.478 e. The second-order valence-corrected chi connectivity index (χ2v) is 8.12. The summed E-state index contributed by atoms with van der Waals surface area (Å²) in [6.45, 7) is 2.43. The molecule has 2 aromatic rings. The Hall–Kier alpha value is -2.19. The lowest BCUT2D eigenvalue weighted by atomic mass is 10.0. The number of H-pyrrole nitrogens is 1. The zero-order valence-corrected chi connectivity index (χ0v) is 14.7. The maximum atomic E-state index is 13.1. The third-order valence-corrected chi connectivity index (χ3v) is 6.64. The van der Waals surface area contributed by atoms with Crippen LogP contribution in [0.3, 0.4) is 0 Å². The number of rotatable bonds is 4. The Morgan fingerprint density at radius 1 is 1.32 bits per heavy atom. The number of fused-ring (bicyclic) bond motifs is 1. The number of nitrogens with one attached hydrogen (secondary N) is 1. The Morgan fingerprint density at radius 3 is 2.76 bits per heavy atom. The zero-order chi connectivity index (χ0) is 18.2. The minimum atomic E-state index is -3.72. The van der Waals surface area contributed by atoms with Crippen LogP contribution in [0.5, 0.6) is 0 Å². The van der Waals surface area contributed by atoms with E-state index in [1.54, 1.807) is 0 Å². The smallest absolute Gasteiger partial charge is 0.336 e. The summed E-state index contributed by atoms with van der Waals surface area (Å²) < 4.78 is 27.6. The summed E-state index contributed by atoms with van der Waals surface area (Å²) in [6, 6.07) is 5.13. The Labute approximate surface area is 145 Å². The van der Waals surface area contributed by atoms with E-state index in [4.69, 9.17) is 0 Å². The molecule has 25 heavy (non-hydrogen) atoms. The molecule has 0 saturated carbocycles. The topological polar surface area (TPSA) is 108 Å². The predicted molar refractivity (Wildman–Crippen MR) is 93.3 cm³/mol. The number of piperidine rings is 1. The first-order valence-electron chi connectivity index (χ1n) is 8.27. The second kappa shape index (κ2) is 6.61. The van der Waals surface area contributed by atoms with Gasteiger partial charge in [0.2, 0.25) is 15.6 Å². The molecule has 3 rings (SSSR count). The fourth-order valence-electron chi connectivity index (χ4n) is 3.40. The summed E-state index contributed by atoms with van der Waals surface area (Å²) in [5.41, 5.74) is -0.446. The van der Waals surface area contributed by atoms with E-state index in [1.807, 2.05) is 6.92 Å². The summed E-state index contributed by atoms with van der Waals surface area (Å²) in [4.78, 5) is 25.6. The summed E-state index contributed by atoms with van der Waals surface area (Å²) in [6.07, 6.45) is 3.39. The van der Waals surface area contributed by atoms with Gasteiger partial charge in [-0.1, -0.05) is 13.3 Å². The van der Waals surface area contributed by atoms with Gasteiger partial charge in [-0.2, -0.15) is 4.31 Å². The van der Waals surface area contributed by atoms with Crippen molar-refractivity contribution in [1.29, 1.82) is 0 Å². The molecule has 1 saturated heterocycles. The SMILES string of the molecule is CC[C@H]1CCCCN1S(=O)(=O)c1ccc2[nH]c(=O)cc(C(=O)O)c2c1. The number of carbonyl (C=O) groups is 1. The summed E-state index contributed by atoms with van der Waals surface area (Å²) in [5, 5.41) is 9.52. The predicted octanol–water partition coefficient (Wildman–Crippen LogP) is 2.18. The molecule has 1 aromatic carbocycles. The van der Waals surface area contributed by atoms with E-state index >= 15 is 0 Å². The molecule has 0 spiro atoms. The van der Waals surface area contributed by atoms with Crippen molar-refractivity contribution in [3.05, 3.63) is 40.2 Å². The lowest BCUT2D eigenvalue weighted by molar-refractivity contribution is 0.0698. The molecule has 0 unspecified atom stereocenters. The fraction of sp³-hybridized carbons (Fsp3) is 0.412. The van der Waals surface area contributed by atoms with E-state index in [0.29, 0.717) is 12.1 Å². The molecule has 1 aliphatic heterocycles. The Morgan fingerprint density at radius 2 is 2.08 bits per heavy atom. The third kappa shape index (κ3) is 3.19. The lowest BCUT2D eigenvalue weighted by Gasteiger charge is -2.34. The van der Waals surface area contributed by atoms with Crippen molar-refractivity contribution in [2.75, 3.05) is 6.54 Å². The molecule has 0 radical (unpaired) electrons. The van der Waals surface area contributed by atoms with Gasteiger partial charge in [0, 0.05) is 29.6 Å². The highest BCUT2D eigenvalue weighted by Crippen LogP contribution is 2.29. The van der Waals surface area contributed by atoms with Gasteiger partial charge in [-0.25, -0.2) is 13.2 Å². The number of hydrogen-bond donors (Lipinski definition) is 2. The number of carboxylic acids is 1. The van der Waals surface area contributed by atoms with E-state index < -0.39 is 21.6 Å². The van der Waals surface area contributed by atoms with Crippen LogP contribution in [0.4, 0.5) is 0 Å². The molecule has 0 bridgehead atoms. The van der Waals surface area contributed by atoms with E-state index in [9.17, 15) is 23.1 Å². The van der Waals surface area contributed by atoms with E-state index in [-0.39, 0.29) is 21.9 Å². The van der Waals surface area contributed by atoms with Gasteiger partial charge in [0.05, 0.1) is 10.5 Å². The molecule has 1 aliphatic rings. The molecule has 0 aliphatic carbocycles. The number of aromatic carboxylic acids is 1. The minimum Gasteiger partial charge on any atom is -0.478 e. The normalized spacial score (nSPS) is 19.2. The Balaban J connectivity index is 2.15. The number of sulfonamides is 1. The molecule has 2 N–H and O–H groups in total. The quantitative estimate of drug-likeness (QED) is 0.864. The van der Waals surface area contributed by atoms with Crippen molar-refractivity contribution in [2.45, 2.75) is 43.5 Å². The van der Waals surface area contributed by atoms with Gasteiger partial charge in [0.15, 0.2) is 0 Å². The summed E-state index contributed by atoms with van der Waals surface area (Å²) in [5.74, 6) is -1.27. The van der Waals surface area contributed by atoms with Crippen LogP contribution in [0.25, 0.3) is 10.9 Å². The molecule has 134 valence electrons. The Kier molecular flexibility index (Phi) is 4.66. The van der Waals surface area contributed by atoms with Crippen molar-refractivity contribution < 1.29 is 18.3 Å². The molecule has 1 fully saturated rings. The molecular formula is C17H20N2O5S. The second-order valence-electron chi connectivity index (χ2n) is 6.23. The third-order valence-electron chi connectivity index (χ3n) is 4.70. The number of carboxylic acid groups (broad SMARTS) is 1. The monoisotopic (exact) mass is 364 g/mol. The van der Waals surface area contributed by atoms with Crippen molar-refractivity contribution >= 4 is 26.9 Å². The maximum absolute atomic E-state index is 13.1. The number of benzene rings is 1. The number of aromatic amines is 1. The molecule has 1 aromatic heterocycles. The van der Waals surface area contributed by atoms with Crippen LogP contribution in [0.2, 0.25) is 0 Å². The molecule has 0 amide bonds. The number of aromatic nitrogens is 1. The molecular weight excluding hydrogens is 344 g/mol. The van der Waals surface area contributed by atoms with Gasteiger partial charge in [-0.15, -0.1) is 0 Å². The highest BCUT2D eigenvalue weighted by atomic mass is 32.2. The average molecular weight is 364 g/mol. The van der Waals surface area contributed by atoms with Crippen LogP contribution in [-0.4, -0.2) is 41.4 Å². The van der Waals surface area contributed by atoms with Crippen LogP contribution >= 0.6 is 0 Å². The molecule has 1 atom stereocenters. The van der Waals surface area contributed by atoms with Gasteiger partial charge < -0.3 is 10.1 Å². The number of hydrogen-bond acceptors (Lipinski definition) is 4. The summed E-state index contributed by atoms with van der Waals surface area (Å²) >= 11 is 0. The van der Waals surface area contributed by atoms with Crippen LogP contribution in [-0.2, 0) is 10.0 Å². The van der Waals surface area contributed by atoms with Crippen LogP contribution in [0.15, 0.2) is 34.0 Å². The zero-order valence-electron chi connectivity index (χ0n) is 13.9. The van der Waals surface area contributed by atoms with E-state index in [2.05, 4.69) is 4.98 Å². The van der Waals surface area contributed by atoms with Crippen molar-refractivity contribution in [2.24, 2.45) is 0 Å². The maximum Gasteiger partial charge on any atom is 0.336 e. The van der Waals surface area contributed by atoms with Crippen molar-refractivity contribution in [1.82, 2.24) is 9.29 Å². The average Bonchev–Trinajstić information content (AvgIpc) is 2.60. The van der Waals surface area contributed by atoms with Gasteiger partial charge in [-0.05, 0) is 37.5 Å². The number of nitrogens with zero attached hydrogens (tertiary/aromatic N) is 1. The van der Waals surface area contributed by atoms with E-state index in [0.717, 1.165) is 31.7 Å². The van der Waals surface area contributed by atoms with Gasteiger partial charge in [0.25, 0.3) is 0 Å². The molecule has 7 nitrogen and oxygen atoms in total. The van der Waals surface area contributed by atoms with Gasteiger partial charge in [0.1, 0.15) is 0 Å². The fourth-order valence-corrected chi connectivity index (χ4v) is 5.20. The van der Waals surface area contributed by atoms with E-state index in [1.165, 1.54) is 22.5 Å². The standard InChI is InChI=1S/C17H20N2O5S/c1-2-11-5-3-4-8-19(11)25(23,24)12-6-7-15-13(9-12)14(17(21)22)10-16(20)18-15/h6-7,9-11H,2-5,8H2,1H3,(H,18,20)(H,21,22)/t11-/m0/s1. The first-order valence-corrected chi connectivity index (χ1v) is 9.71. The van der Waals surface area contributed by atoms with Crippen molar-refractivity contribution in [3.63, 3.8) is 0 Å². The van der Waals surface area contributed by atoms with Crippen LogP contribution in [0.1, 0.15) is 43.0 Å². The minimum absolute atomic E-state index is 0.0380. The van der Waals surface area contributed by atoms with Crippen LogP contribution in [0, 0.1) is 0 Å². The van der Waals surface area contributed by atoms with Crippen molar-refractivity contribution in [3.8, 4) is 0 Å². The first kappa shape index (κ1) is 17.6.